The molecule has 0 amide bonds. The summed E-state index contributed by atoms with van der Waals surface area (Å²) in [6.07, 6.45) is 1.000. The highest BCUT2D eigenvalue weighted by Gasteiger charge is 2.42. The molecule has 1 N–H and O–H groups in total. The molecule has 2 aromatic rings. The van der Waals surface area contributed by atoms with Crippen molar-refractivity contribution in [3.8, 4) is 0 Å². The van der Waals surface area contributed by atoms with Crippen LogP contribution in [0.1, 0.15) is 49.0 Å². The number of ketones is 1. The van der Waals surface area contributed by atoms with Gasteiger partial charge in [0.1, 0.15) is 12.4 Å². The van der Waals surface area contributed by atoms with Crippen molar-refractivity contribution in [2.75, 3.05) is 18.1 Å². The fourth-order valence-corrected chi connectivity index (χ4v) is 5.79. The summed E-state index contributed by atoms with van der Waals surface area (Å²) in [6, 6.07) is 10.4. The zero-order chi connectivity index (χ0) is 22.7. The van der Waals surface area contributed by atoms with Crippen molar-refractivity contribution in [1.29, 1.82) is 0 Å². The minimum Gasteiger partial charge on any atom is -0.461 e. The van der Waals surface area contributed by atoms with Gasteiger partial charge in [-0.1, -0.05) is 31.2 Å². The quantitative estimate of drug-likeness (QED) is 0.424. The Morgan fingerprint density at radius 3 is 2.78 bits per heavy atom. The van der Waals surface area contributed by atoms with E-state index in [4.69, 9.17) is 4.74 Å². The largest absolute Gasteiger partial charge is 0.461 e. The van der Waals surface area contributed by atoms with Gasteiger partial charge in [0.2, 0.25) is 0 Å². The molecule has 1 aliphatic heterocycles. The van der Waals surface area contributed by atoms with E-state index in [2.05, 4.69) is 5.32 Å². The average Bonchev–Trinajstić information content (AvgIpc) is 3.31. The van der Waals surface area contributed by atoms with Crippen molar-refractivity contribution >= 4 is 34.9 Å². The molecule has 4 nitrogen and oxygen atoms in total. The maximum absolute atomic E-state index is 14.9. The van der Waals surface area contributed by atoms with E-state index in [1.807, 2.05) is 24.4 Å². The first-order chi connectivity index (χ1) is 15.5. The van der Waals surface area contributed by atoms with Crippen LogP contribution < -0.4 is 5.32 Å². The topological polar surface area (TPSA) is 55.4 Å². The number of thioether (sulfide) groups is 1. The van der Waals surface area contributed by atoms with Crippen molar-refractivity contribution < 1.29 is 18.7 Å². The second-order valence-electron chi connectivity index (χ2n) is 7.89. The van der Waals surface area contributed by atoms with E-state index in [9.17, 15) is 14.0 Å². The van der Waals surface area contributed by atoms with E-state index >= 15 is 0 Å². The Morgan fingerprint density at radius 2 is 2.06 bits per heavy atom. The number of Topliss-reactive ketones (excluding diaryl/α,β-unsaturated/α-hetero) is 1. The third-order valence-corrected chi connectivity index (χ3v) is 7.77. The van der Waals surface area contributed by atoms with Crippen LogP contribution in [0.15, 0.2) is 64.3 Å². The maximum Gasteiger partial charge on any atom is 0.336 e. The number of carbonyl (C=O) groups excluding carboxylic acids is 2. The Hall–Kier alpha value is -2.38. The SMILES string of the molecule is CCSCCOC(=O)C1=C(C)NC2=C(C(=O)C[C@@H](c3cccs3)C2)[C@H]1c1ccccc1F. The molecule has 2 heterocycles. The van der Waals surface area contributed by atoms with Crippen molar-refractivity contribution in [3.63, 3.8) is 0 Å². The van der Waals surface area contributed by atoms with Gasteiger partial charge in [0.25, 0.3) is 0 Å². The number of ether oxygens (including phenoxy) is 1. The molecule has 2 aliphatic rings. The van der Waals surface area contributed by atoms with Gasteiger partial charge in [-0.05, 0) is 36.6 Å². The molecule has 0 spiro atoms. The normalized spacial score (nSPS) is 20.8. The highest BCUT2D eigenvalue weighted by atomic mass is 32.2. The highest BCUT2D eigenvalue weighted by molar-refractivity contribution is 7.99. The lowest BCUT2D eigenvalue weighted by Crippen LogP contribution is -2.36. The molecule has 1 aliphatic carbocycles. The zero-order valence-corrected chi connectivity index (χ0v) is 19.8. The van der Waals surface area contributed by atoms with E-state index < -0.39 is 17.7 Å². The highest BCUT2D eigenvalue weighted by Crippen LogP contribution is 2.46. The molecule has 0 saturated carbocycles. The van der Waals surface area contributed by atoms with Crippen molar-refractivity contribution in [2.24, 2.45) is 0 Å². The fourth-order valence-electron chi connectivity index (χ4n) is 4.47. The Kier molecular flexibility index (Phi) is 7.16. The van der Waals surface area contributed by atoms with Gasteiger partial charge >= 0.3 is 5.97 Å². The van der Waals surface area contributed by atoms with E-state index in [1.165, 1.54) is 6.07 Å². The van der Waals surface area contributed by atoms with Gasteiger partial charge < -0.3 is 10.1 Å². The zero-order valence-electron chi connectivity index (χ0n) is 18.2. The Labute approximate surface area is 195 Å². The summed E-state index contributed by atoms with van der Waals surface area (Å²) in [7, 11) is 0. The van der Waals surface area contributed by atoms with Crippen molar-refractivity contribution in [1.82, 2.24) is 5.32 Å². The van der Waals surface area contributed by atoms with Crippen LogP contribution in [0, 0.1) is 5.82 Å². The summed E-state index contributed by atoms with van der Waals surface area (Å²) >= 11 is 3.32. The number of allylic oxidation sites excluding steroid dienone is 3. The molecule has 0 radical (unpaired) electrons. The van der Waals surface area contributed by atoms with Gasteiger partial charge in [0.05, 0.1) is 11.5 Å². The van der Waals surface area contributed by atoms with E-state index in [1.54, 1.807) is 48.2 Å². The number of rotatable bonds is 7. The predicted molar refractivity (Wildman–Crippen MR) is 127 cm³/mol. The van der Waals surface area contributed by atoms with E-state index in [0.29, 0.717) is 41.0 Å². The first-order valence-electron chi connectivity index (χ1n) is 10.8. The van der Waals surface area contributed by atoms with Crippen LogP contribution in [0.5, 0.6) is 0 Å². The first-order valence-corrected chi connectivity index (χ1v) is 12.8. The monoisotopic (exact) mass is 471 g/mol. The summed E-state index contributed by atoms with van der Waals surface area (Å²) in [4.78, 5) is 27.7. The van der Waals surface area contributed by atoms with Gasteiger partial charge in [-0.2, -0.15) is 11.8 Å². The van der Waals surface area contributed by atoms with Gasteiger partial charge in [-0.3, -0.25) is 4.79 Å². The fraction of sp³-hybridized carbons (Fsp3) is 0.360. The number of benzene rings is 1. The Bertz CT molecular complexity index is 1070. The molecule has 32 heavy (non-hydrogen) atoms. The van der Waals surface area contributed by atoms with E-state index in [0.717, 1.165) is 16.3 Å². The molecular formula is C25H26FNO3S2. The summed E-state index contributed by atoms with van der Waals surface area (Å²) in [5, 5.41) is 5.32. The number of carbonyl (C=O) groups is 2. The molecule has 7 heteroatoms. The number of esters is 1. The standard InChI is InChI=1S/C25H26FNO3S2/c1-3-31-12-10-30-25(29)22-15(2)27-19-13-16(21-9-6-11-32-21)14-20(28)24(19)23(22)17-7-4-5-8-18(17)26/h4-9,11,16,23,27H,3,10,12-14H2,1-2H3/t16-,23-/m0/s1. The third-order valence-electron chi connectivity index (χ3n) is 5.87. The van der Waals surface area contributed by atoms with Gasteiger partial charge in [-0.25, -0.2) is 9.18 Å². The Balaban J connectivity index is 1.73. The lowest BCUT2D eigenvalue weighted by molar-refractivity contribution is -0.138. The predicted octanol–water partition coefficient (Wildman–Crippen LogP) is 5.55. The average molecular weight is 472 g/mol. The van der Waals surface area contributed by atoms with Crippen LogP contribution in [0.4, 0.5) is 4.39 Å². The number of thiophene rings is 1. The summed E-state index contributed by atoms with van der Waals surface area (Å²) in [6.45, 7) is 4.12. The summed E-state index contributed by atoms with van der Waals surface area (Å²) < 4.78 is 20.5. The van der Waals surface area contributed by atoms with Gasteiger partial charge in [0.15, 0.2) is 5.78 Å². The second kappa shape index (κ2) is 10.0. The number of dihydropyridines is 1. The molecule has 0 saturated heterocycles. The minimum absolute atomic E-state index is 0.0512. The van der Waals surface area contributed by atoms with E-state index in [-0.39, 0.29) is 18.3 Å². The molecule has 1 aromatic carbocycles. The number of hydrogen-bond acceptors (Lipinski definition) is 6. The molecule has 2 atom stereocenters. The van der Waals surface area contributed by atoms with Crippen LogP contribution in [0.3, 0.4) is 0 Å². The first kappa shape index (κ1) is 22.8. The minimum atomic E-state index is -0.768. The molecule has 1 aromatic heterocycles. The van der Waals surface area contributed by atoms with Gasteiger partial charge in [-0.15, -0.1) is 11.3 Å². The van der Waals surface area contributed by atoms with Crippen LogP contribution in [-0.4, -0.2) is 29.9 Å². The Morgan fingerprint density at radius 1 is 1.25 bits per heavy atom. The number of nitrogens with one attached hydrogen (secondary N) is 1. The van der Waals surface area contributed by atoms with Crippen LogP contribution in [-0.2, 0) is 14.3 Å². The molecule has 0 bridgehead atoms. The van der Waals surface area contributed by atoms with Crippen LogP contribution >= 0.6 is 23.1 Å². The van der Waals surface area contributed by atoms with Crippen molar-refractivity contribution in [2.45, 2.75) is 38.5 Å². The third kappa shape index (κ3) is 4.55. The van der Waals surface area contributed by atoms with Crippen LogP contribution in [0.25, 0.3) is 0 Å². The lowest BCUT2D eigenvalue weighted by atomic mass is 9.72. The lowest BCUT2D eigenvalue weighted by Gasteiger charge is -2.36. The molecule has 4 rings (SSSR count). The molecular weight excluding hydrogens is 445 g/mol. The number of halogens is 1. The van der Waals surface area contributed by atoms with Crippen molar-refractivity contribution in [3.05, 3.63) is 80.6 Å². The summed E-state index contributed by atoms with van der Waals surface area (Å²) in [5.41, 5.74) is 2.54. The van der Waals surface area contributed by atoms with Crippen LogP contribution in [0.2, 0.25) is 0 Å². The smallest absolute Gasteiger partial charge is 0.336 e. The maximum atomic E-state index is 14.9. The molecule has 168 valence electrons. The number of hydrogen-bond donors (Lipinski definition) is 1. The second-order valence-corrected chi connectivity index (χ2v) is 10.3. The molecule has 0 unspecified atom stereocenters. The summed E-state index contributed by atoms with van der Waals surface area (Å²) in [5.74, 6) is -0.0298. The van der Waals surface area contributed by atoms with Gasteiger partial charge in [0, 0.05) is 45.5 Å². The molecule has 0 fully saturated rings.